The van der Waals surface area contributed by atoms with E-state index in [1.165, 1.54) is 21.2 Å². The molecule has 3 aromatic rings. The first-order chi connectivity index (χ1) is 10.2. The van der Waals surface area contributed by atoms with Gasteiger partial charge in [-0.25, -0.2) is 0 Å². The summed E-state index contributed by atoms with van der Waals surface area (Å²) in [6.07, 6.45) is 0. The third-order valence-corrected chi connectivity index (χ3v) is 4.66. The van der Waals surface area contributed by atoms with Crippen LogP contribution in [-0.2, 0) is 0 Å². The summed E-state index contributed by atoms with van der Waals surface area (Å²) in [6, 6.07) is 11.0. The highest BCUT2D eigenvalue weighted by molar-refractivity contribution is 7.17. The van der Waals surface area contributed by atoms with Gasteiger partial charge in [-0.1, -0.05) is 25.1 Å². The predicted octanol–water partition coefficient (Wildman–Crippen LogP) is 4.01. The van der Waals surface area contributed by atoms with Gasteiger partial charge in [-0.3, -0.25) is 0 Å². The lowest BCUT2D eigenvalue weighted by Crippen LogP contribution is -2.23. The molecule has 1 atom stereocenters. The van der Waals surface area contributed by atoms with E-state index in [0.717, 1.165) is 17.9 Å². The Labute approximate surface area is 129 Å². The van der Waals surface area contributed by atoms with Crippen molar-refractivity contribution >= 4 is 21.4 Å². The Morgan fingerprint density at radius 3 is 2.81 bits per heavy atom. The Morgan fingerprint density at radius 2 is 2.00 bits per heavy atom. The third-order valence-electron chi connectivity index (χ3n) is 3.68. The molecule has 0 radical (unpaired) electrons. The highest BCUT2D eigenvalue weighted by Gasteiger charge is 2.19. The number of rotatable bonds is 4. The van der Waals surface area contributed by atoms with Gasteiger partial charge in [-0.05, 0) is 54.4 Å². The van der Waals surface area contributed by atoms with Gasteiger partial charge in [0.2, 0.25) is 0 Å². The van der Waals surface area contributed by atoms with Crippen LogP contribution in [-0.4, -0.2) is 16.7 Å². The number of aromatic nitrogens is 2. The lowest BCUT2D eigenvalue weighted by molar-refractivity contribution is 0.624. The zero-order valence-electron chi connectivity index (χ0n) is 12.6. The summed E-state index contributed by atoms with van der Waals surface area (Å²) in [7, 11) is 0. The molecule has 1 unspecified atom stereocenters. The molecule has 2 heterocycles. The molecule has 1 N–H and O–H groups in total. The first-order valence-electron chi connectivity index (χ1n) is 7.21. The lowest BCUT2D eigenvalue weighted by atomic mass is 9.96. The summed E-state index contributed by atoms with van der Waals surface area (Å²) in [4.78, 5) is 0. The average molecular weight is 297 g/mol. The lowest BCUT2D eigenvalue weighted by Gasteiger charge is -2.21. The van der Waals surface area contributed by atoms with E-state index in [2.05, 4.69) is 58.1 Å². The highest BCUT2D eigenvalue weighted by atomic mass is 32.1. The van der Waals surface area contributed by atoms with Gasteiger partial charge in [0, 0.05) is 4.70 Å². The first-order valence-corrected chi connectivity index (χ1v) is 8.09. The van der Waals surface area contributed by atoms with E-state index in [4.69, 9.17) is 0 Å². The standard InChI is InChI=1S/C17H19N3S/c1-4-18-16(15-10-11(2)19-20-12(15)3)14-7-5-6-13-8-9-21-17(13)14/h5-10,16,18H,4H2,1-3H3. The maximum atomic E-state index is 4.29. The van der Waals surface area contributed by atoms with E-state index in [-0.39, 0.29) is 6.04 Å². The molecule has 21 heavy (non-hydrogen) atoms. The van der Waals surface area contributed by atoms with Crippen LogP contribution in [0.3, 0.4) is 0 Å². The second-order valence-electron chi connectivity index (χ2n) is 5.20. The van der Waals surface area contributed by atoms with Crippen LogP contribution in [0.25, 0.3) is 10.1 Å². The molecule has 0 saturated carbocycles. The zero-order chi connectivity index (χ0) is 14.8. The van der Waals surface area contributed by atoms with Crippen LogP contribution in [0.2, 0.25) is 0 Å². The van der Waals surface area contributed by atoms with Gasteiger partial charge in [0.25, 0.3) is 0 Å². The van der Waals surface area contributed by atoms with Gasteiger partial charge in [-0.15, -0.1) is 11.3 Å². The number of fused-ring (bicyclic) bond motifs is 1. The zero-order valence-corrected chi connectivity index (χ0v) is 13.4. The molecule has 108 valence electrons. The SMILES string of the molecule is CCNC(c1cc(C)nnc1C)c1cccc2ccsc12. The minimum absolute atomic E-state index is 0.159. The number of hydrogen-bond donors (Lipinski definition) is 1. The molecule has 3 rings (SSSR count). The Bertz CT molecular complexity index is 764. The number of benzene rings is 1. The molecule has 4 heteroatoms. The first kappa shape index (κ1) is 14.2. The van der Waals surface area contributed by atoms with Gasteiger partial charge in [0.15, 0.2) is 0 Å². The van der Waals surface area contributed by atoms with Crippen LogP contribution in [0.15, 0.2) is 35.7 Å². The van der Waals surface area contributed by atoms with Crippen LogP contribution in [0.4, 0.5) is 0 Å². The van der Waals surface area contributed by atoms with E-state index >= 15 is 0 Å². The van der Waals surface area contributed by atoms with E-state index in [1.54, 1.807) is 11.3 Å². The molecule has 0 aliphatic carbocycles. The van der Waals surface area contributed by atoms with Crippen molar-refractivity contribution in [1.82, 2.24) is 15.5 Å². The van der Waals surface area contributed by atoms with Crippen molar-refractivity contribution in [3.63, 3.8) is 0 Å². The van der Waals surface area contributed by atoms with Crippen LogP contribution in [0.1, 0.15) is 35.5 Å². The van der Waals surface area contributed by atoms with Crippen molar-refractivity contribution in [3.8, 4) is 0 Å². The quantitative estimate of drug-likeness (QED) is 0.790. The summed E-state index contributed by atoms with van der Waals surface area (Å²) >= 11 is 1.80. The molecule has 0 aliphatic heterocycles. The minimum Gasteiger partial charge on any atom is -0.306 e. The average Bonchev–Trinajstić information content (AvgIpc) is 2.96. The third kappa shape index (κ3) is 2.69. The van der Waals surface area contributed by atoms with Gasteiger partial charge in [-0.2, -0.15) is 10.2 Å². The smallest absolute Gasteiger partial charge is 0.0651 e. The Hall–Kier alpha value is -1.78. The molecule has 0 saturated heterocycles. The normalized spacial score (nSPS) is 12.7. The predicted molar refractivity (Wildman–Crippen MR) is 88.9 cm³/mol. The van der Waals surface area contributed by atoms with Gasteiger partial charge < -0.3 is 5.32 Å². The van der Waals surface area contributed by atoms with E-state index in [0.29, 0.717) is 0 Å². The van der Waals surface area contributed by atoms with Crippen molar-refractivity contribution < 1.29 is 0 Å². The van der Waals surface area contributed by atoms with E-state index in [1.807, 2.05) is 13.8 Å². The van der Waals surface area contributed by atoms with Crippen molar-refractivity contribution in [3.05, 3.63) is 58.2 Å². The van der Waals surface area contributed by atoms with Crippen molar-refractivity contribution in [1.29, 1.82) is 0 Å². The fourth-order valence-corrected chi connectivity index (χ4v) is 3.64. The molecule has 1 aromatic carbocycles. The Balaban J connectivity index is 2.18. The van der Waals surface area contributed by atoms with Gasteiger partial charge in [0.1, 0.15) is 0 Å². The number of hydrogen-bond acceptors (Lipinski definition) is 4. The maximum absolute atomic E-state index is 4.29. The monoisotopic (exact) mass is 297 g/mol. The molecule has 0 bridgehead atoms. The minimum atomic E-state index is 0.159. The molecule has 0 aliphatic rings. The molecule has 2 aromatic heterocycles. The van der Waals surface area contributed by atoms with Gasteiger partial charge >= 0.3 is 0 Å². The largest absolute Gasteiger partial charge is 0.306 e. The van der Waals surface area contributed by atoms with Crippen molar-refractivity contribution in [2.75, 3.05) is 6.54 Å². The molecule has 0 amide bonds. The van der Waals surface area contributed by atoms with Crippen LogP contribution in [0, 0.1) is 13.8 Å². The van der Waals surface area contributed by atoms with Crippen LogP contribution >= 0.6 is 11.3 Å². The van der Waals surface area contributed by atoms with Crippen molar-refractivity contribution in [2.24, 2.45) is 0 Å². The summed E-state index contributed by atoms with van der Waals surface area (Å²) in [6.45, 7) is 7.07. The molecule has 3 nitrogen and oxygen atoms in total. The summed E-state index contributed by atoms with van der Waals surface area (Å²) in [5, 5.41) is 15.5. The van der Waals surface area contributed by atoms with Crippen LogP contribution < -0.4 is 5.32 Å². The molecule has 0 spiro atoms. The topological polar surface area (TPSA) is 37.8 Å². The summed E-state index contributed by atoms with van der Waals surface area (Å²) < 4.78 is 1.34. The van der Waals surface area contributed by atoms with Gasteiger partial charge in [0.05, 0.1) is 17.4 Å². The highest BCUT2D eigenvalue weighted by Crippen LogP contribution is 2.33. The number of nitrogens with zero attached hydrogens (tertiary/aromatic N) is 2. The number of nitrogens with one attached hydrogen (secondary N) is 1. The second-order valence-corrected chi connectivity index (χ2v) is 6.12. The maximum Gasteiger partial charge on any atom is 0.0651 e. The number of aryl methyl sites for hydroxylation is 2. The molecular weight excluding hydrogens is 278 g/mol. The van der Waals surface area contributed by atoms with E-state index < -0.39 is 0 Å². The molecular formula is C17H19N3S. The fraction of sp³-hybridized carbons (Fsp3) is 0.294. The van der Waals surface area contributed by atoms with Crippen LogP contribution in [0.5, 0.6) is 0 Å². The summed E-state index contributed by atoms with van der Waals surface area (Å²) in [5.74, 6) is 0. The second kappa shape index (κ2) is 5.92. The fourth-order valence-electron chi connectivity index (χ4n) is 2.70. The van der Waals surface area contributed by atoms with E-state index in [9.17, 15) is 0 Å². The van der Waals surface area contributed by atoms with Crippen molar-refractivity contribution in [2.45, 2.75) is 26.8 Å². The Kier molecular flexibility index (Phi) is 3.99. The molecule has 0 fully saturated rings. The number of thiophene rings is 1. The Morgan fingerprint density at radius 1 is 1.14 bits per heavy atom. The summed E-state index contributed by atoms with van der Waals surface area (Å²) in [5.41, 5.74) is 4.47.